The molecule has 0 aliphatic rings. The maximum absolute atomic E-state index is 4.36. The maximum atomic E-state index is 4.36. The molecule has 0 aliphatic carbocycles. The Morgan fingerprint density at radius 1 is 1.20 bits per heavy atom. The van der Waals surface area contributed by atoms with Crippen molar-refractivity contribution in [2.45, 2.75) is 6.92 Å². The van der Waals surface area contributed by atoms with Crippen molar-refractivity contribution in [3.63, 3.8) is 0 Å². The summed E-state index contributed by atoms with van der Waals surface area (Å²) in [6.07, 6.45) is 5.33. The van der Waals surface area contributed by atoms with Crippen LogP contribution in [0.15, 0.2) is 30.7 Å². The molecule has 1 N–H and O–H groups in total. The van der Waals surface area contributed by atoms with E-state index in [-0.39, 0.29) is 0 Å². The molecule has 0 unspecified atom stereocenters. The molecule has 4 heteroatoms. The van der Waals surface area contributed by atoms with Gasteiger partial charge < -0.3 is 5.32 Å². The molecule has 2 aromatic heterocycles. The lowest BCUT2D eigenvalue weighted by atomic mass is 10.1. The Labute approximate surface area is 88.4 Å². The largest absolute Gasteiger partial charge is 0.357 e. The minimum atomic E-state index is 0.621. The number of hydrogen-bond donors (Lipinski definition) is 1. The first-order valence-corrected chi connectivity index (χ1v) is 4.73. The van der Waals surface area contributed by atoms with Crippen LogP contribution in [0, 0.1) is 6.92 Å². The van der Waals surface area contributed by atoms with Gasteiger partial charge in [0.15, 0.2) is 0 Å². The van der Waals surface area contributed by atoms with Crippen molar-refractivity contribution in [2.75, 3.05) is 12.4 Å². The third-order valence-corrected chi connectivity index (χ3v) is 2.19. The van der Waals surface area contributed by atoms with Gasteiger partial charge in [0, 0.05) is 31.2 Å². The van der Waals surface area contributed by atoms with Crippen LogP contribution in [0.4, 0.5) is 5.95 Å². The smallest absolute Gasteiger partial charge is 0.222 e. The lowest BCUT2D eigenvalue weighted by Crippen LogP contribution is -1.97. The van der Waals surface area contributed by atoms with Gasteiger partial charge >= 0.3 is 0 Å². The Balaban J connectivity index is 2.49. The lowest BCUT2D eigenvalue weighted by molar-refractivity contribution is 1.14. The normalized spacial score (nSPS) is 10.0. The first-order chi connectivity index (χ1) is 7.31. The number of hydrogen-bond acceptors (Lipinski definition) is 4. The Bertz CT molecular complexity index is 468. The summed E-state index contributed by atoms with van der Waals surface area (Å²) in [6.45, 7) is 2.04. The molecule has 2 rings (SSSR count). The fourth-order valence-electron chi connectivity index (χ4n) is 1.36. The molecule has 4 nitrogen and oxygen atoms in total. The van der Waals surface area contributed by atoms with Gasteiger partial charge in [-0.05, 0) is 24.6 Å². The highest BCUT2D eigenvalue weighted by atomic mass is 15.1. The molecule has 2 aromatic rings. The second-order valence-electron chi connectivity index (χ2n) is 3.21. The molecule has 0 fully saturated rings. The molecular formula is C11H12N4. The van der Waals surface area contributed by atoms with Crippen LogP contribution in [0.2, 0.25) is 0 Å². The minimum Gasteiger partial charge on any atom is -0.357 e. The van der Waals surface area contributed by atoms with E-state index in [1.165, 1.54) is 0 Å². The SMILES string of the molecule is CNc1nccc(-c2cnccc2C)n1. The van der Waals surface area contributed by atoms with Gasteiger partial charge in [0.1, 0.15) is 0 Å². The monoisotopic (exact) mass is 200 g/mol. The van der Waals surface area contributed by atoms with Crippen molar-refractivity contribution in [3.05, 3.63) is 36.3 Å². The second kappa shape index (κ2) is 4.04. The van der Waals surface area contributed by atoms with E-state index in [1.807, 2.05) is 25.3 Å². The lowest BCUT2D eigenvalue weighted by Gasteiger charge is -2.05. The van der Waals surface area contributed by atoms with Crippen molar-refractivity contribution in [3.8, 4) is 11.3 Å². The summed E-state index contributed by atoms with van der Waals surface area (Å²) in [6, 6.07) is 3.85. The van der Waals surface area contributed by atoms with Gasteiger partial charge in [0.05, 0.1) is 5.69 Å². The number of anilines is 1. The highest BCUT2D eigenvalue weighted by Crippen LogP contribution is 2.19. The molecule has 0 aliphatic heterocycles. The second-order valence-corrected chi connectivity index (χ2v) is 3.21. The van der Waals surface area contributed by atoms with Crippen molar-refractivity contribution in [2.24, 2.45) is 0 Å². The van der Waals surface area contributed by atoms with Gasteiger partial charge in [-0.25, -0.2) is 9.97 Å². The standard InChI is InChI=1S/C11H12N4/c1-8-3-5-13-7-9(8)10-4-6-14-11(12-2)15-10/h3-7H,1-2H3,(H,12,14,15). The molecule has 2 heterocycles. The molecule has 0 amide bonds. The maximum Gasteiger partial charge on any atom is 0.222 e. The summed E-state index contributed by atoms with van der Waals surface area (Å²) in [5.74, 6) is 0.621. The summed E-state index contributed by atoms with van der Waals surface area (Å²) in [5, 5.41) is 2.91. The summed E-state index contributed by atoms with van der Waals surface area (Å²) < 4.78 is 0. The van der Waals surface area contributed by atoms with Gasteiger partial charge in [-0.3, -0.25) is 4.98 Å². The minimum absolute atomic E-state index is 0.621. The average Bonchev–Trinajstić information content (AvgIpc) is 2.30. The van der Waals surface area contributed by atoms with Gasteiger partial charge in [-0.1, -0.05) is 0 Å². The fourth-order valence-corrected chi connectivity index (χ4v) is 1.36. The summed E-state index contributed by atoms with van der Waals surface area (Å²) in [5.41, 5.74) is 3.09. The Hall–Kier alpha value is -1.97. The van der Waals surface area contributed by atoms with Crippen LogP contribution >= 0.6 is 0 Å². The van der Waals surface area contributed by atoms with Crippen LogP contribution in [-0.4, -0.2) is 22.0 Å². The Morgan fingerprint density at radius 2 is 2.07 bits per heavy atom. The van der Waals surface area contributed by atoms with Crippen LogP contribution < -0.4 is 5.32 Å². The number of nitrogens with zero attached hydrogens (tertiary/aromatic N) is 3. The average molecular weight is 200 g/mol. The predicted molar refractivity (Wildman–Crippen MR) is 59.5 cm³/mol. The third kappa shape index (κ3) is 1.93. The highest BCUT2D eigenvalue weighted by molar-refractivity contribution is 5.62. The van der Waals surface area contributed by atoms with Crippen LogP contribution in [0.5, 0.6) is 0 Å². The highest BCUT2D eigenvalue weighted by Gasteiger charge is 2.03. The number of rotatable bonds is 2. The van der Waals surface area contributed by atoms with Gasteiger partial charge in [0.2, 0.25) is 5.95 Å². The molecule has 0 radical (unpaired) electrons. The zero-order chi connectivity index (χ0) is 10.7. The third-order valence-electron chi connectivity index (χ3n) is 2.19. The van der Waals surface area contributed by atoms with E-state index in [4.69, 9.17) is 0 Å². The van der Waals surface area contributed by atoms with Gasteiger partial charge in [-0.15, -0.1) is 0 Å². The van der Waals surface area contributed by atoms with E-state index in [0.717, 1.165) is 16.8 Å². The van der Waals surface area contributed by atoms with E-state index in [1.54, 1.807) is 19.4 Å². The first-order valence-electron chi connectivity index (χ1n) is 4.73. The molecule has 15 heavy (non-hydrogen) atoms. The van der Waals surface area contributed by atoms with Crippen LogP contribution in [0.3, 0.4) is 0 Å². The quantitative estimate of drug-likeness (QED) is 0.804. The van der Waals surface area contributed by atoms with E-state index in [0.29, 0.717) is 5.95 Å². The molecule has 0 saturated carbocycles. The van der Waals surface area contributed by atoms with E-state index in [2.05, 4.69) is 20.3 Å². The molecule has 76 valence electrons. The van der Waals surface area contributed by atoms with Crippen molar-refractivity contribution < 1.29 is 0 Å². The number of aromatic nitrogens is 3. The number of pyridine rings is 1. The molecule has 0 atom stereocenters. The van der Waals surface area contributed by atoms with E-state index >= 15 is 0 Å². The summed E-state index contributed by atoms with van der Waals surface area (Å²) in [4.78, 5) is 12.5. The summed E-state index contributed by atoms with van der Waals surface area (Å²) in [7, 11) is 1.80. The molecule has 0 spiro atoms. The number of nitrogens with one attached hydrogen (secondary N) is 1. The topological polar surface area (TPSA) is 50.7 Å². The van der Waals surface area contributed by atoms with Crippen molar-refractivity contribution in [1.29, 1.82) is 0 Å². The van der Waals surface area contributed by atoms with Gasteiger partial charge in [0.25, 0.3) is 0 Å². The van der Waals surface area contributed by atoms with E-state index in [9.17, 15) is 0 Å². The summed E-state index contributed by atoms with van der Waals surface area (Å²) >= 11 is 0. The van der Waals surface area contributed by atoms with Gasteiger partial charge in [-0.2, -0.15) is 0 Å². The van der Waals surface area contributed by atoms with Crippen LogP contribution in [-0.2, 0) is 0 Å². The van der Waals surface area contributed by atoms with E-state index < -0.39 is 0 Å². The van der Waals surface area contributed by atoms with Crippen LogP contribution in [0.25, 0.3) is 11.3 Å². The Morgan fingerprint density at radius 3 is 2.80 bits per heavy atom. The molecular weight excluding hydrogens is 188 g/mol. The van der Waals surface area contributed by atoms with Crippen molar-refractivity contribution in [1.82, 2.24) is 15.0 Å². The van der Waals surface area contributed by atoms with Crippen molar-refractivity contribution >= 4 is 5.95 Å². The van der Waals surface area contributed by atoms with Crippen LogP contribution in [0.1, 0.15) is 5.56 Å². The zero-order valence-corrected chi connectivity index (χ0v) is 8.73. The fraction of sp³-hybridized carbons (Fsp3) is 0.182. The zero-order valence-electron chi connectivity index (χ0n) is 8.73. The number of aryl methyl sites for hydroxylation is 1. The first kappa shape index (κ1) is 9.58. The Kier molecular flexibility index (Phi) is 2.58. The predicted octanol–water partition coefficient (Wildman–Crippen LogP) is 1.89. The molecule has 0 aromatic carbocycles. The molecule has 0 saturated heterocycles. The molecule has 0 bridgehead atoms.